The Bertz CT molecular complexity index is 1370. The normalized spacial score (nSPS) is 12.2. The maximum absolute atomic E-state index is 14.0. The van der Waals surface area contributed by atoms with Gasteiger partial charge in [0.1, 0.15) is 18.4 Å². The van der Waals surface area contributed by atoms with Crippen LogP contribution in [0.3, 0.4) is 0 Å². The van der Waals surface area contributed by atoms with Crippen molar-refractivity contribution in [2.24, 2.45) is 5.92 Å². The fourth-order valence-corrected chi connectivity index (χ4v) is 5.76. The van der Waals surface area contributed by atoms with Gasteiger partial charge in [-0.1, -0.05) is 74.8 Å². The Morgan fingerprint density at radius 2 is 1.56 bits per heavy atom. The number of amides is 2. The second-order valence-corrected chi connectivity index (χ2v) is 11.8. The van der Waals surface area contributed by atoms with E-state index in [-0.39, 0.29) is 40.4 Å². The number of rotatable bonds is 12. The van der Waals surface area contributed by atoms with Gasteiger partial charge in [-0.15, -0.1) is 0 Å². The first-order valence-corrected chi connectivity index (χ1v) is 14.5. The number of nitrogens with zero attached hydrogens (tertiary/aromatic N) is 2. The fourth-order valence-electron chi connectivity index (χ4n) is 4.02. The third-order valence-electron chi connectivity index (χ3n) is 6.07. The van der Waals surface area contributed by atoms with Crippen LogP contribution in [0.25, 0.3) is 0 Å². The van der Waals surface area contributed by atoms with E-state index in [4.69, 9.17) is 11.6 Å². The van der Waals surface area contributed by atoms with Crippen LogP contribution in [0.2, 0.25) is 5.02 Å². The molecule has 1 atom stereocenters. The minimum absolute atomic E-state index is 0.00970. The Morgan fingerprint density at radius 3 is 2.15 bits per heavy atom. The Balaban J connectivity index is 2.04. The van der Waals surface area contributed by atoms with Gasteiger partial charge in [-0.25, -0.2) is 12.8 Å². The Morgan fingerprint density at radius 1 is 0.949 bits per heavy atom. The number of sulfonamides is 1. The van der Waals surface area contributed by atoms with Gasteiger partial charge in [-0.3, -0.25) is 13.9 Å². The SMILES string of the molecule is CCC(C(=O)NCC(C)C)N(Cc1ccc(F)cc1)C(=O)CN(c1ccccc1Cl)S(=O)(=O)c1ccccc1. The molecule has 0 aliphatic carbocycles. The Kier molecular flexibility index (Phi) is 10.5. The number of anilines is 1. The topological polar surface area (TPSA) is 86.8 Å². The highest BCUT2D eigenvalue weighted by atomic mass is 35.5. The number of benzene rings is 3. The highest BCUT2D eigenvalue weighted by Crippen LogP contribution is 2.30. The summed E-state index contributed by atoms with van der Waals surface area (Å²) in [5.74, 6) is -1.20. The lowest BCUT2D eigenvalue weighted by molar-refractivity contribution is -0.140. The van der Waals surface area contributed by atoms with Crippen molar-refractivity contribution in [3.63, 3.8) is 0 Å². The molecule has 0 fully saturated rings. The van der Waals surface area contributed by atoms with Gasteiger partial charge < -0.3 is 10.2 Å². The summed E-state index contributed by atoms with van der Waals surface area (Å²) in [4.78, 5) is 28.5. The molecular weight excluding hydrogens is 541 g/mol. The van der Waals surface area contributed by atoms with E-state index in [1.807, 2.05) is 13.8 Å². The molecule has 3 rings (SSSR count). The van der Waals surface area contributed by atoms with Crippen molar-refractivity contribution in [3.05, 3.63) is 95.3 Å². The molecular formula is C29H33ClFN3O4S. The standard InChI is InChI=1S/C29H33ClFN3O4S/c1-4-26(29(36)32-18-21(2)3)33(19-22-14-16-23(31)17-15-22)28(35)20-34(27-13-9-8-12-25(27)30)39(37,38)24-10-6-5-7-11-24/h5-17,21,26H,4,18-20H2,1-3H3,(H,32,36). The summed E-state index contributed by atoms with van der Waals surface area (Å²) in [6, 6.07) is 18.8. The van der Waals surface area contributed by atoms with E-state index in [1.165, 1.54) is 47.4 Å². The molecule has 0 saturated heterocycles. The van der Waals surface area contributed by atoms with Crippen LogP contribution >= 0.6 is 11.6 Å². The summed E-state index contributed by atoms with van der Waals surface area (Å²) in [7, 11) is -4.21. The molecule has 0 aromatic heterocycles. The van der Waals surface area contributed by atoms with Gasteiger partial charge in [-0.2, -0.15) is 0 Å². The van der Waals surface area contributed by atoms with E-state index in [1.54, 1.807) is 43.3 Å². The predicted molar refractivity (Wildman–Crippen MR) is 151 cm³/mol. The largest absolute Gasteiger partial charge is 0.354 e. The van der Waals surface area contributed by atoms with Crippen molar-refractivity contribution in [2.45, 2.75) is 44.7 Å². The quantitative estimate of drug-likeness (QED) is 0.320. The molecule has 39 heavy (non-hydrogen) atoms. The van der Waals surface area contributed by atoms with E-state index in [2.05, 4.69) is 5.32 Å². The first-order chi connectivity index (χ1) is 18.5. The van der Waals surface area contributed by atoms with E-state index < -0.39 is 34.3 Å². The maximum atomic E-state index is 14.0. The van der Waals surface area contributed by atoms with Crippen molar-refractivity contribution in [2.75, 3.05) is 17.4 Å². The van der Waals surface area contributed by atoms with Crippen LogP contribution in [0.4, 0.5) is 10.1 Å². The lowest BCUT2D eigenvalue weighted by Gasteiger charge is -2.33. The van der Waals surface area contributed by atoms with Crippen LogP contribution in [0.1, 0.15) is 32.8 Å². The van der Waals surface area contributed by atoms with Crippen LogP contribution in [0.5, 0.6) is 0 Å². The second kappa shape index (κ2) is 13.6. The minimum atomic E-state index is -4.21. The van der Waals surface area contributed by atoms with E-state index in [0.717, 1.165) is 4.31 Å². The minimum Gasteiger partial charge on any atom is -0.354 e. The third-order valence-corrected chi connectivity index (χ3v) is 8.16. The predicted octanol–water partition coefficient (Wildman–Crippen LogP) is 5.25. The molecule has 2 amide bonds. The summed E-state index contributed by atoms with van der Waals surface area (Å²) >= 11 is 6.40. The fraction of sp³-hybridized carbons (Fsp3) is 0.310. The molecule has 1 unspecified atom stereocenters. The summed E-state index contributed by atoms with van der Waals surface area (Å²) in [6.45, 7) is 5.49. The van der Waals surface area contributed by atoms with Gasteiger partial charge in [-0.05, 0) is 54.3 Å². The molecule has 0 spiro atoms. The van der Waals surface area contributed by atoms with E-state index in [9.17, 15) is 22.4 Å². The number of hydrogen-bond acceptors (Lipinski definition) is 4. The summed E-state index contributed by atoms with van der Waals surface area (Å²) in [6.07, 6.45) is 0.286. The molecule has 1 N–H and O–H groups in total. The smallest absolute Gasteiger partial charge is 0.264 e. The van der Waals surface area contributed by atoms with Gasteiger partial charge in [0.2, 0.25) is 11.8 Å². The Labute approximate surface area is 234 Å². The molecule has 0 aliphatic rings. The first-order valence-electron chi connectivity index (χ1n) is 12.7. The van der Waals surface area contributed by atoms with Gasteiger partial charge in [0.05, 0.1) is 15.6 Å². The van der Waals surface area contributed by atoms with Crippen molar-refractivity contribution in [3.8, 4) is 0 Å². The van der Waals surface area contributed by atoms with E-state index in [0.29, 0.717) is 12.1 Å². The average molecular weight is 574 g/mol. The highest BCUT2D eigenvalue weighted by molar-refractivity contribution is 7.92. The molecule has 3 aromatic carbocycles. The lowest BCUT2D eigenvalue weighted by Crippen LogP contribution is -2.52. The van der Waals surface area contributed by atoms with Crippen molar-refractivity contribution in [1.82, 2.24) is 10.2 Å². The van der Waals surface area contributed by atoms with E-state index >= 15 is 0 Å². The van der Waals surface area contributed by atoms with Crippen LogP contribution in [-0.2, 0) is 26.2 Å². The number of carbonyl (C=O) groups is 2. The zero-order valence-electron chi connectivity index (χ0n) is 22.2. The Hall–Kier alpha value is -3.43. The molecule has 0 saturated carbocycles. The second-order valence-electron chi connectivity index (χ2n) is 9.49. The van der Waals surface area contributed by atoms with Gasteiger partial charge in [0.25, 0.3) is 10.0 Å². The highest BCUT2D eigenvalue weighted by Gasteiger charge is 2.34. The van der Waals surface area contributed by atoms with Crippen molar-refractivity contribution in [1.29, 1.82) is 0 Å². The van der Waals surface area contributed by atoms with Gasteiger partial charge in [0, 0.05) is 13.1 Å². The van der Waals surface area contributed by atoms with Crippen molar-refractivity contribution >= 4 is 39.1 Å². The number of halogens is 2. The lowest BCUT2D eigenvalue weighted by atomic mass is 10.1. The molecule has 3 aromatic rings. The van der Waals surface area contributed by atoms with Gasteiger partial charge in [0.15, 0.2) is 0 Å². The zero-order chi connectivity index (χ0) is 28.6. The third kappa shape index (κ3) is 7.80. The summed E-state index contributed by atoms with van der Waals surface area (Å²) in [5.41, 5.74) is 0.727. The number of hydrogen-bond donors (Lipinski definition) is 1. The average Bonchev–Trinajstić information content (AvgIpc) is 2.92. The summed E-state index contributed by atoms with van der Waals surface area (Å²) < 4.78 is 42.1. The van der Waals surface area contributed by atoms with Crippen LogP contribution < -0.4 is 9.62 Å². The molecule has 0 radical (unpaired) electrons. The molecule has 0 bridgehead atoms. The molecule has 10 heteroatoms. The maximum Gasteiger partial charge on any atom is 0.264 e. The number of nitrogens with one attached hydrogen (secondary N) is 1. The number of para-hydroxylation sites is 1. The van der Waals surface area contributed by atoms with Crippen LogP contribution in [0.15, 0.2) is 83.8 Å². The van der Waals surface area contributed by atoms with Crippen LogP contribution in [-0.4, -0.2) is 44.3 Å². The first kappa shape index (κ1) is 30.1. The van der Waals surface area contributed by atoms with Gasteiger partial charge >= 0.3 is 0 Å². The van der Waals surface area contributed by atoms with Crippen molar-refractivity contribution < 1.29 is 22.4 Å². The summed E-state index contributed by atoms with van der Waals surface area (Å²) in [5, 5.41) is 3.02. The molecule has 0 aliphatic heterocycles. The molecule has 0 heterocycles. The molecule has 7 nitrogen and oxygen atoms in total. The monoisotopic (exact) mass is 573 g/mol. The number of carbonyl (C=O) groups excluding carboxylic acids is 2. The zero-order valence-corrected chi connectivity index (χ0v) is 23.8. The van der Waals surface area contributed by atoms with Crippen LogP contribution in [0, 0.1) is 11.7 Å². The molecule has 208 valence electrons.